The first-order chi connectivity index (χ1) is 12.7. The Kier molecular flexibility index (Phi) is 4.18. The number of rotatable bonds is 5. The first kappa shape index (κ1) is 16.0. The first-order valence-electron chi connectivity index (χ1n) is 8.37. The van der Waals surface area contributed by atoms with Gasteiger partial charge in [0.1, 0.15) is 11.3 Å². The molecule has 0 atom stereocenters. The number of hydrogen-bond acceptors (Lipinski definition) is 6. The topological polar surface area (TPSA) is 88.1 Å². The van der Waals surface area contributed by atoms with Crippen LogP contribution in [0.3, 0.4) is 0 Å². The number of hydrazone groups is 1. The van der Waals surface area contributed by atoms with Crippen LogP contribution in [0.15, 0.2) is 47.6 Å². The van der Waals surface area contributed by atoms with Gasteiger partial charge in [0.2, 0.25) is 0 Å². The summed E-state index contributed by atoms with van der Waals surface area (Å²) in [5, 5.41) is 13.6. The third-order valence-electron chi connectivity index (χ3n) is 3.94. The van der Waals surface area contributed by atoms with E-state index in [1.807, 2.05) is 50.2 Å². The highest BCUT2D eigenvalue weighted by Gasteiger charge is 2.08. The van der Waals surface area contributed by atoms with Gasteiger partial charge >= 0.3 is 0 Å². The average Bonchev–Trinajstić information content (AvgIpc) is 3.00. The van der Waals surface area contributed by atoms with Gasteiger partial charge in [-0.2, -0.15) is 10.1 Å². The van der Waals surface area contributed by atoms with Crippen molar-refractivity contribution in [1.29, 1.82) is 0 Å². The number of anilines is 1. The summed E-state index contributed by atoms with van der Waals surface area (Å²) in [6.07, 6.45) is 1.69. The zero-order chi connectivity index (χ0) is 17.9. The predicted molar refractivity (Wildman–Crippen MR) is 103 cm³/mol. The number of aryl methyl sites for hydroxylation is 1. The molecule has 0 aliphatic carbocycles. The van der Waals surface area contributed by atoms with E-state index in [0.29, 0.717) is 18.2 Å². The highest BCUT2D eigenvalue weighted by atomic mass is 16.5. The smallest absolute Gasteiger partial charge is 0.265 e. The third kappa shape index (κ3) is 3.19. The molecule has 0 bridgehead atoms. The van der Waals surface area contributed by atoms with Crippen molar-refractivity contribution in [2.24, 2.45) is 5.10 Å². The van der Waals surface area contributed by atoms with Crippen molar-refractivity contribution in [2.45, 2.75) is 13.8 Å². The lowest BCUT2D eigenvalue weighted by Crippen LogP contribution is -1.99. The number of aromatic amines is 1. The van der Waals surface area contributed by atoms with E-state index in [9.17, 15) is 0 Å². The van der Waals surface area contributed by atoms with Crippen molar-refractivity contribution < 1.29 is 4.74 Å². The number of nitrogens with one attached hydrogen (secondary N) is 2. The van der Waals surface area contributed by atoms with Crippen LogP contribution in [0.2, 0.25) is 0 Å². The van der Waals surface area contributed by atoms with E-state index in [-0.39, 0.29) is 0 Å². The highest BCUT2D eigenvalue weighted by Crippen LogP contribution is 2.23. The van der Waals surface area contributed by atoms with Crippen LogP contribution in [0.1, 0.15) is 18.1 Å². The molecule has 4 aromatic rings. The Morgan fingerprint density at radius 3 is 2.81 bits per heavy atom. The minimum Gasteiger partial charge on any atom is -0.494 e. The summed E-state index contributed by atoms with van der Waals surface area (Å²) >= 11 is 0. The summed E-state index contributed by atoms with van der Waals surface area (Å²) in [7, 11) is 0. The molecule has 7 nitrogen and oxygen atoms in total. The van der Waals surface area contributed by atoms with Crippen LogP contribution < -0.4 is 10.2 Å². The molecule has 0 saturated carbocycles. The second-order valence-electron chi connectivity index (χ2n) is 5.88. The number of benzene rings is 2. The molecule has 0 unspecified atom stereocenters. The van der Waals surface area contributed by atoms with Crippen LogP contribution in [0.5, 0.6) is 5.75 Å². The van der Waals surface area contributed by atoms with Gasteiger partial charge in [-0.1, -0.05) is 11.6 Å². The van der Waals surface area contributed by atoms with Crippen molar-refractivity contribution in [3.8, 4) is 5.75 Å². The maximum Gasteiger partial charge on any atom is 0.265 e. The summed E-state index contributed by atoms with van der Waals surface area (Å²) in [6.45, 7) is 4.65. The van der Waals surface area contributed by atoms with Gasteiger partial charge in [-0.05, 0) is 55.8 Å². The minimum absolute atomic E-state index is 0.336. The van der Waals surface area contributed by atoms with Gasteiger partial charge in [0, 0.05) is 10.9 Å². The van der Waals surface area contributed by atoms with Crippen LogP contribution >= 0.6 is 0 Å². The van der Waals surface area contributed by atoms with Gasteiger partial charge < -0.3 is 9.72 Å². The standard InChI is InChI=1S/C19H18N6O/c1-3-26-14-7-5-13(6-8-14)11-20-24-19-22-18-17(23-25-19)15-10-12(2)4-9-16(15)21-18/h4-11H,3H2,1-2H3,(H2,21,22,24,25)/b20-11-. The Labute approximate surface area is 150 Å². The predicted octanol–water partition coefficient (Wildman–Crippen LogP) is 3.66. The number of nitrogens with zero attached hydrogens (tertiary/aromatic N) is 4. The minimum atomic E-state index is 0.336. The molecule has 2 heterocycles. The summed E-state index contributed by atoms with van der Waals surface area (Å²) < 4.78 is 5.42. The zero-order valence-electron chi connectivity index (χ0n) is 14.5. The molecule has 2 aromatic heterocycles. The van der Waals surface area contributed by atoms with Gasteiger partial charge in [-0.3, -0.25) is 0 Å². The fraction of sp³-hybridized carbons (Fsp3) is 0.158. The molecule has 7 heteroatoms. The van der Waals surface area contributed by atoms with Gasteiger partial charge in [0.25, 0.3) is 5.95 Å². The Morgan fingerprint density at radius 1 is 1.15 bits per heavy atom. The fourth-order valence-corrected chi connectivity index (χ4v) is 2.71. The Hall–Kier alpha value is -3.48. The number of hydrogen-bond donors (Lipinski definition) is 2. The molecule has 0 radical (unpaired) electrons. The van der Waals surface area contributed by atoms with Gasteiger partial charge in [0.05, 0.1) is 12.8 Å². The Morgan fingerprint density at radius 2 is 2.00 bits per heavy atom. The van der Waals surface area contributed by atoms with Crippen LogP contribution in [0, 0.1) is 6.92 Å². The van der Waals surface area contributed by atoms with E-state index in [0.717, 1.165) is 27.7 Å². The second-order valence-corrected chi connectivity index (χ2v) is 5.88. The maximum absolute atomic E-state index is 5.42. The molecule has 130 valence electrons. The Balaban J connectivity index is 1.52. The fourth-order valence-electron chi connectivity index (χ4n) is 2.71. The average molecular weight is 346 g/mol. The van der Waals surface area contributed by atoms with Gasteiger partial charge in [-0.25, -0.2) is 5.43 Å². The van der Waals surface area contributed by atoms with Crippen LogP contribution in [0.4, 0.5) is 5.95 Å². The summed E-state index contributed by atoms with van der Waals surface area (Å²) in [5.74, 6) is 1.17. The van der Waals surface area contributed by atoms with Crippen molar-refractivity contribution in [2.75, 3.05) is 12.0 Å². The quantitative estimate of drug-likeness (QED) is 0.425. The normalized spacial score (nSPS) is 11.5. The van der Waals surface area contributed by atoms with E-state index in [1.54, 1.807) is 6.21 Å². The molecular formula is C19H18N6O. The summed E-state index contributed by atoms with van der Waals surface area (Å²) in [5.41, 5.74) is 7.35. The molecule has 0 saturated heterocycles. The van der Waals surface area contributed by atoms with Crippen molar-refractivity contribution in [1.82, 2.24) is 20.2 Å². The maximum atomic E-state index is 5.42. The van der Waals surface area contributed by atoms with Crippen molar-refractivity contribution in [3.63, 3.8) is 0 Å². The summed E-state index contributed by atoms with van der Waals surface area (Å²) in [4.78, 5) is 7.69. The molecule has 0 spiro atoms. The lowest BCUT2D eigenvalue weighted by molar-refractivity contribution is 0.340. The second kappa shape index (κ2) is 6.79. The SMILES string of the molecule is CCOc1ccc(/C=N\Nc2nnc3c(n2)[nH]c2ccc(C)cc23)cc1. The molecule has 26 heavy (non-hydrogen) atoms. The lowest BCUT2D eigenvalue weighted by Gasteiger charge is -2.02. The van der Waals surface area contributed by atoms with Crippen molar-refractivity contribution in [3.05, 3.63) is 53.6 Å². The molecular weight excluding hydrogens is 328 g/mol. The van der Waals surface area contributed by atoms with Crippen molar-refractivity contribution >= 4 is 34.2 Å². The first-order valence-corrected chi connectivity index (χ1v) is 8.37. The molecule has 2 N–H and O–H groups in total. The van der Waals surface area contributed by atoms with E-state index in [2.05, 4.69) is 36.8 Å². The monoisotopic (exact) mass is 346 g/mol. The lowest BCUT2D eigenvalue weighted by atomic mass is 10.2. The summed E-state index contributed by atoms with van der Waals surface area (Å²) in [6, 6.07) is 13.8. The van der Waals surface area contributed by atoms with E-state index in [4.69, 9.17) is 4.74 Å². The van der Waals surface area contributed by atoms with Gasteiger partial charge in [-0.15, -0.1) is 10.2 Å². The van der Waals surface area contributed by atoms with Crippen LogP contribution in [-0.2, 0) is 0 Å². The molecule has 0 fully saturated rings. The van der Waals surface area contributed by atoms with E-state index < -0.39 is 0 Å². The Bertz CT molecular complexity index is 1080. The van der Waals surface area contributed by atoms with E-state index >= 15 is 0 Å². The zero-order valence-corrected chi connectivity index (χ0v) is 14.5. The van der Waals surface area contributed by atoms with Crippen LogP contribution in [0.25, 0.3) is 22.1 Å². The molecule has 4 rings (SSSR count). The molecule has 0 aliphatic heterocycles. The number of ether oxygens (including phenoxy) is 1. The molecule has 2 aromatic carbocycles. The van der Waals surface area contributed by atoms with E-state index in [1.165, 1.54) is 5.56 Å². The number of fused-ring (bicyclic) bond motifs is 3. The largest absolute Gasteiger partial charge is 0.494 e. The number of H-pyrrole nitrogens is 1. The molecule has 0 aliphatic rings. The van der Waals surface area contributed by atoms with Gasteiger partial charge in [0.15, 0.2) is 5.65 Å². The third-order valence-corrected chi connectivity index (χ3v) is 3.94. The molecule has 0 amide bonds. The number of aromatic nitrogens is 4. The highest BCUT2D eigenvalue weighted by molar-refractivity contribution is 6.03. The van der Waals surface area contributed by atoms with Crippen LogP contribution in [-0.4, -0.2) is 33.0 Å².